The zero-order chi connectivity index (χ0) is 20.4. The third-order valence-corrected chi connectivity index (χ3v) is 6.88. The van der Waals surface area contributed by atoms with Crippen LogP contribution in [0.3, 0.4) is 0 Å². The summed E-state index contributed by atoms with van der Waals surface area (Å²) < 4.78 is 51.1. The molecule has 9 heteroatoms. The van der Waals surface area contributed by atoms with Gasteiger partial charge in [0.25, 0.3) is 0 Å². The molecule has 0 spiro atoms. The molecule has 0 radical (unpaired) electrons. The smallest absolute Gasteiger partial charge is 0.243 e. The first kappa shape index (κ1) is 19.7. The molecule has 2 heterocycles. The first-order valence-electron chi connectivity index (χ1n) is 9.35. The summed E-state index contributed by atoms with van der Waals surface area (Å²) in [7, 11) is -3.78. The third-order valence-electron chi connectivity index (χ3n) is 4.99. The number of benzene rings is 2. The average Bonchev–Trinajstić information content (AvgIpc) is 2.74. The first-order valence-corrected chi connectivity index (χ1v) is 10.8. The van der Waals surface area contributed by atoms with Crippen LogP contribution in [0.5, 0.6) is 11.5 Å². The maximum atomic E-state index is 13.4. The number of carbonyl (C=O) groups is 1. The van der Waals surface area contributed by atoms with Gasteiger partial charge in [0.05, 0.1) is 11.3 Å². The van der Waals surface area contributed by atoms with E-state index in [4.69, 9.17) is 9.47 Å². The normalized spacial score (nSPS) is 17.2. The van der Waals surface area contributed by atoms with Gasteiger partial charge in [0.2, 0.25) is 15.9 Å². The minimum absolute atomic E-state index is 0.0754. The van der Waals surface area contributed by atoms with Gasteiger partial charge in [-0.3, -0.25) is 4.79 Å². The second kappa shape index (κ2) is 8.00. The van der Waals surface area contributed by atoms with Gasteiger partial charge in [-0.05, 0) is 35.9 Å². The van der Waals surface area contributed by atoms with Crippen molar-refractivity contribution in [2.75, 3.05) is 39.4 Å². The number of hydrogen-bond acceptors (Lipinski definition) is 5. The van der Waals surface area contributed by atoms with E-state index in [9.17, 15) is 17.6 Å². The summed E-state index contributed by atoms with van der Waals surface area (Å²) in [5.41, 5.74) is 0.814. The predicted octanol–water partition coefficient (Wildman–Crippen LogP) is 1.67. The van der Waals surface area contributed by atoms with E-state index in [1.165, 1.54) is 22.5 Å². The topological polar surface area (TPSA) is 76.2 Å². The van der Waals surface area contributed by atoms with Crippen LogP contribution in [0.4, 0.5) is 4.39 Å². The van der Waals surface area contributed by atoms with Crippen molar-refractivity contribution in [1.29, 1.82) is 0 Å². The van der Waals surface area contributed by atoms with E-state index in [1.54, 1.807) is 17.0 Å². The van der Waals surface area contributed by atoms with Gasteiger partial charge in [-0.2, -0.15) is 4.31 Å². The molecule has 154 valence electrons. The van der Waals surface area contributed by atoms with Crippen LogP contribution in [-0.2, 0) is 21.2 Å². The fourth-order valence-corrected chi connectivity index (χ4v) is 4.89. The lowest BCUT2D eigenvalue weighted by Crippen LogP contribution is -2.50. The molecule has 0 N–H and O–H groups in total. The van der Waals surface area contributed by atoms with Crippen molar-refractivity contribution < 1.29 is 27.1 Å². The van der Waals surface area contributed by atoms with Gasteiger partial charge in [-0.15, -0.1) is 0 Å². The van der Waals surface area contributed by atoms with Crippen molar-refractivity contribution in [2.24, 2.45) is 0 Å². The monoisotopic (exact) mass is 420 g/mol. The van der Waals surface area contributed by atoms with E-state index in [0.29, 0.717) is 24.7 Å². The van der Waals surface area contributed by atoms with Crippen molar-refractivity contribution >= 4 is 15.9 Å². The van der Waals surface area contributed by atoms with Crippen molar-refractivity contribution in [3.63, 3.8) is 0 Å². The van der Waals surface area contributed by atoms with Gasteiger partial charge in [-0.1, -0.05) is 12.1 Å². The Bertz CT molecular complexity index is 1020. The lowest BCUT2D eigenvalue weighted by Gasteiger charge is -2.34. The molecule has 0 saturated carbocycles. The molecule has 0 bridgehead atoms. The SMILES string of the molecule is O=C(Cc1ccc2c(c1)OCCO2)N1CCN(S(=O)(=O)c2cccc(F)c2)CC1. The fourth-order valence-electron chi connectivity index (χ4n) is 3.44. The molecule has 2 aromatic carbocycles. The lowest BCUT2D eigenvalue weighted by molar-refractivity contribution is -0.131. The number of nitrogens with zero attached hydrogens (tertiary/aromatic N) is 2. The molecule has 29 heavy (non-hydrogen) atoms. The molecule has 0 atom stereocenters. The number of hydrogen-bond donors (Lipinski definition) is 0. The number of amides is 1. The van der Waals surface area contributed by atoms with Crippen LogP contribution in [-0.4, -0.2) is 62.9 Å². The van der Waals surface area contributed by atoms with Crippen molar-refractivity contribution in [3.05, 3.63) is 53.8 Å². The predicted molar refractivity (Wildman–Crippen MR) is 103 cm³/mol. The van der Waals surface area contributed by atoms with E-state index < -0.39 is 15.8 Å². The minimum Gasteiger partial charge on any atom is -0.486 e. The number of halogens is 1. The Hall–Kier alpha value is -2.65. The maximum Gasteiger partial charge on any atom is 0.243 e. The van der Waals surface area contributed by atoms with Crippen LogP contribution < -0.4 is 9.47 Å². The molecular formula is C20H21FN2O5S. The number of piperazine rings is 1. The largest absolute Gasteiger partial charge is 0.486 e. The Kier molecular flexibility index (Phi) is 5.42. The first-order chi connectivity index (χ1) is 13.9. The van der Waals surface area contributed by atoms with Gasteiger partial charge in [-0.25, -0.2) is 12.8 Å². The molecule has 2 aliphatic rings. The van der Waals surface area contributed by atoms with Gasteiger partial charge < -0.3 is 14.4 Å². The quantitative estimate of drug-likeness (QED) is 0.752. The van der Waals surface area contributed by atoms with Crippen LogP contribution in [0.1, 0.15) is 5.56 Å². The standard InChI is InChI=1S/C20H21FN2O5S/c21-16-2-1-3-17(14-16)29(25,26)23-8-6-22(7-9-23)20(24)13-15-4-5-18-19(12-15)28-11-10-27-18/h1-5,12,14H,6-11,13H2. The highest BCUT2D eigenvalue weighted by Crippen LogP contribution is 2.31. The Morgan fingerprint density at radius 1 is 0.966 bits per heavy atom. The summed E-state index contributed by atoms with van der Waals surface area (Å²) in [6, 6.07) is 10.4. The molecule has 4 rings (SSSR count). The number of ether oxygens (including phenoxy) is 2. The Morgan fingerprint density at radius 3 is 2.41 bits per heavy atom. The Labute approximate surface area is 168 Å². The maximum absolute atomic E-state index is 13.4. The zero-order valence-corrected chi connectivity index (χ0v) is 16.5. The molecule has 7 nitrogen and oxygen atoms in total. The minimum atomic E-state index is -3.78. The third kappa shape index (κ3) is 4.20. The molecule has 2 aromatic rings. The summed E-state index contributed by atoms with van der Waals surface area (Å²) in [4.78, 5) is 14.2. The molecule has 0 unspecified atom stereocenters. The molecule has 0 aliphatic carbocycles. The number of fused-ring (bicyclic) bond motifs is 1. The zero-order valence-electron chi connectivity index (χ0n) is 15.7. The van der Waals surface area contributed by atoms with E-state index in [1.807, 2.05) is 6.07 Å². The van der Waals surface area contributed by atoms with Gasteiger partial charge >= 0.3 is 0 Å². The van der Waals surface area contributed by atoms with Crippen LogP contribution in [0, 0.1) is 5.82 Å². The van der Waals surface area contributed by atoms with Crippen LogP contribution >= 0.6 is 0 Å². The summed E-state index contributed by atoms with van der Waals surface area (Å²) in [6.45, 7) is 1.91. The average molecular weight is 420 g/mol. The molecule has 1 amide bonds. The van der Waals surface area contributed by atoms with E-state index in [0.717, 1.165) is 11.6 Å². The highest BCUT2D eigenvalue weighted by molar-refractivity contribution is 7.89. The van der Waals surface area contributed by atoms with E-state index in [2.05, 4.69) is 0 Å². The summed E-state index contributed by atoms with van der Waals surface area (Å²) in [5, 5.41) is 0. The van der Waals surface area contributed by atoms with Crippen LogP contribution in [0.15, 0.2) is 47.4 Å². The molecule has 2 aliphatic heterocycles. The highest BCUT2D eigenvalue weighted by Gasteiger charge is 2.30. The second-order valence-electron chi connectivity index (χ2n) is 6.90. The van der Waals surface area contributed by atoms with Crippen LogP contribution in [0.25, 0.3) is 0 Å². The second-order valence-corrected chi connectivity index (χ2v) is 8.83. The van der Waals surface area contributed by atoms with Gasteiger partial charge in [0, 0.05) is 26.2 Å². The van der Waals surface area contributed by atoms with Crippen LogP contribution in [0.2, 0.25) is 0 Å². The molecule has 1 fully saturated rings. The van der Waals surface area contributed by atoms with Crippen molar-refractivity contribution in [1.82, 2.24) is 9.21 Å². The van der Waals surface area contributed by atoms with Gasteiger partial charge in [0.1, 0.15) is 19.0 Å². The lowest BCUT2D eigenvalue weighted by atomic mass is 10.1. The summed E-state index contributed by atoms with van der Waals surface area (Å²) >= 11 is 0. The number of carbonyl (C=O) groups excluding carboxylic acids is 1. The highest BCUT2D eigenvalue weighted by atomic mass is 32.2. The van der Waals surface area contributed by atoms with Crippen molar-refractivity contribution in [3.8, 4) is 11.5 Å². The van der Waals surface area contributed by atoms with Gasteiger partial charge in [0.15, 0.2) is 11.5 Å². The molecular weight excluding hydrogens is 399 g/mol. The Morgan fingerprint density at radius 2 is 1.69 bits per heavy atom. The molecule has 1 saturated heterocycles. The Balaban J connectivity index is 1.37. The summed E-state index contributed by atoms with van der Waals surface area (Å²) in [6.07, 6.45) is 0.202. The van der Waals surface area contributed by atoms with E-state index in [-0.39, 0.29) is 43.4 Å². The number of rotatable bonds is 4. The number of sulfonamides is 1. The molecule has 0 aromatic heterocycles. The van der Waals surface area contributed by atoms with Crippen molar-refractivity contribution in [2.45, 2.75) is 11.3 Å². The summed E-state index contributed by atoms with van der Waals surface area (Å²) in [5.74, 6) is 0.625. The van der Waals surface area contributed by atoms with E-state index >= 15 is 0 Å². The fraction of sp³-hybridized carbons (Fsp3) is 0.350.